The Hall–Kier alpha value is -3.00. The van der Waals surface area contributed by atoms with Crippen molar-refractivity contribution in [1.29, 1.82) is 0 Å². The Bertz CT molecular complexity index is 1060. The molecule has 7 atom stereocenters. The fourth-order valence-corrected chi connectivity index (χ4v) is 4.36. The second-order valence-electron chi connectivity index (χ2n) is 7.71. The number of hydrogen-bond donors (Lipinski definition) is 0. The van der Waals surface area contributed by atoms with Gasteiger partial charge in [-0.25, -0.2) is 0 Å². The Morgan fingerprint density at radius 3 is 1.94 bits per heavy atom. The fourth-order valence-electron chi connectivity index (χ4n) is 4.36. The summed E-state index contributed by atoms with van der Waals surface area (Å²) >= 11 is 0. The molecule has 0 amide bonds. The van der Waals surface area contributed by atoms with Gasteiger partial charge in [-0.2, -0.15) is 0 Å². The first-order valence-electron chi connectivity index (χ1n) is 10.2. The number of rotatable bonds is 5. The molecule has 12 nitrogen and oxygen atoms in total. The summed E-state index contributed by atoms with van der Waals surface area (Å²) in [6, 6.07) is 12.3. The lowest BCUT2D eigenvalue weighted by Gasteiger charge is -2.45. The van der Waals surface area contributed by atoms with Gasteiger partial charge in [0, 0.05) is 19.2 Å². The molecular formula is C21H20N2O10. The largest absolute Gasteiger partial charge is 0.353 e. The van der Waals surface area contributed by atoms with Crippen molar-refractivity contribution in [3.05, 3.63) is 79.9 Å². The van der Waals surface area contributed by atoms with Crippen molar-refractivity contribution in [2.24, 2.45) is 0 Å². The van der Waals surface area contributed by atoms with Gasteiger partial charge < -0.3 is 28.4 Å². The molecule has 3 heterocycles. The van der Waals surface area contributed by atoms with Crippen molar-refractivity contribution in [2.45, 2.75) is 43.3 Å². The lowest BCUT2D eigenvalue weighted by Crippen LogP contribution is -2.61. The van der Waals surface area contributed by atoms with Crippen molar-refractivity contribution in [3.8, 4) is 0 Å². The molecule has 3 saturated heterocycles. The molecule has 0 spiro atoms. The highest BCUT2D eigenvalue weighted by Crippen LogP contribution is 2.45. The van der Waals surface area contributed by atoms with Gasteiger partial charge in [0.1, 0.15) is 24.4 Å². The highest BCUT2D eigenvalue weighted by Gasteiger charge is 2.57. The second-order valence-corrected chi connectivity index (χ2v) is 7.71. The summed E-state index contributed by atoms with van der Waals surface area (Å²) in [7, 11) is 1.45. The number of methoxy groups -OCH3 is 1. The zero-order valence-corrected chi connectivity index (χ0v) is 17.3. The topological polar surface area (TPSA) is 142 Å². The molecular weight excluding hydrogens is 440 g/mol. The van der Waals surface area contributed by atoms with Gasteiger partial charge in [-0.15, -0.1) is 0 Å². The standard InChI is InChI=1S/C21H20N2O10/c1-28-21-18-17(32-20(33-18)12-7-3-5-9-14(12)23(26)27)16-15(30-21)10-29-19(31-16)11-6-2-4-8-13(11)22(24)25/h2-9,15-21H,10H2,1H3/t15-,16-,17+,18+,19?,20?,21?/m1/s1. The first-order chi connectivity index (χ1) is 16.0. The van der Waals surface area contributed by atoms with Gasteiger partial charge in [0.2, 0.25) is 0 Å². The van der Waals surface area contributed by atoms with E-state index in [-0.39, 0.29) is 29.1 Å². The number of nitrogens with zero attached hydrogens (tertiary/aromatic N) is 2. The number of benzene rings is 2. The van der Waals surface area contributed by atoms with Crippen LogP contribution in [0.3, 0.4) is 0 Å². The number of fused-ring (bicyclic) bond motifs is 3. The third-order valence-electron chi connectivity index (χ3n) is 5.85. The van der Waals surface area contributed by atoms with E-state index in [0.717, 1.165) is 0 Å². The Labute approximate surface area is 187 Å². The van der Waals surface area contributed by atoms with Crippen LogP contribution in [0.4, 0.5) is 11.4 Å². The zero-order chi connectivity index (χ0) is 23.1. The van der Waals surface area contributed by atoms with E-state index in [2.05, 4.69) is 0 Å². The number of hydrogen-bond acceptors (Lipinski definition) is 10. The SMILES string of the molecule is COC1O[C@@H]2COC(c3ccccc3[N+](=O)[O-])O[C@H]2[C@@H]2OC(c3ccccc3[N+](=O)[O-])O[C@H]12. The molecule has 33 heavy (non-hydrogen) atoms. The number of nitro groups is 2. The quantitative estimate of drug-likeness (QED) is 0.483. The molecule has 0 radical (unpaired) electrons. The summed E-state index contributed by atoms with van der Waals surface area (Å²) in [4.78, 5) is 21.9. The Morgan fingerprint density at radius 2 is 1.33 bits per heavy atom. The molecule has 5 rings (SSSR count). The minimum atomic E-state index is -1.04. The highest BCUT2D eigenvalue weighted by atomic mass is 16.8. The predicted molar refractivity (Wildman–Crippen MR) is 108 cm³/mol. The van der Waals surface area contributed by atoms with Crippen LogP contribution in [-0.4, -0.2) is 54.3 Å². The predicted octanol–water partition coefficient (Wildman–Crippen LogP) is 2.77. The smallest absolute Gasteiger partial charge is 0.277 e. The molecule has 0 N–H and O–H groups in total. The van der Waals surface area contributed by atoms with Crippen LogP contribution >= 0.6 is 0 Å². The van der Waals surface area contributed by atoms with Crippen LogP contribution in [0.15, 0.2) is 48.5 Å². The van der Waals surface area contributed by atoms with Crippen molar-refractivity contribution in [1.82, 2.24) is 0 Å². The molecule has 12 heteroatoms. The summed E-state index contributed by atoms with van der Waals surface area (Å²) < 4.78 is 35.3. The molecule has 0 saturated carbocycles. The molecule has 3 aliphatic heterocycles. The van der Waals surface area contributed by atoms with Crippen LogP contribution in [0.1, 0.15) is 23.7 Å². The number of ether oxygens (including phenoxy) is 6. The van der Waals surface area contributed by atoms with Gasteiger partial charge in [0.25, 0.3) is 11.4 Å². The van der Waals surface area contributed by atoms with E-state index in [0.29, 0.717) is 0 Å². The van der Waals surface area contributed by atoms with Crippen molar-refractivity contribution in [3.63, 3.8) is 0 Å². The number of para-hydroxylation sites is 2. The van der Waals surface area contributed by atoms with E-state index in [1.807, 2.05) is 0 Å². The van der Waals surface area contributed by atoms with E-state index >= 15 is 0 Å². The Balaban J connectivity index is 1.43. The van der Waals surface area contributed by atoms with Crippen LogP contribution in [0.5, 0.6) is 0 Å². The van der Waals surface area contributed by atoms with E-state index in [1.165, 1.54) is 19.2 Å². The lowest BCUT2D eigenvalue weighted by molar-refractivity contribution is -0.390. The molecule has 3 aliphatic rings. The number of nitro benzene ring substituents is 2. The molecule has 0 bridgehead atoms. The average molecular weight is 460 g/mol. The Morgan fingerprint density at radius 1 is 0.788 bits per heavy atom. The molecule has 174 valence electrons. The monoisotopic (exact) mass is 460 g/mol. The van der Waals surface area contributed by atoms with E-state index < -0.39 is 53.1 Å². The van der Waals surface area contributed by atoms with Crippen LogP contribution in [-0.2, 0) is 28.4 Å². The maximum absolute atomic E-state index is 11.5. The Kier molecular flexibility index (Phi) is 5.78. The van der Waals surface area contributed by atoms with Gasteiger partial charge in [-0.1, -0.05) is 24.3 Å². The minimum Gasteiger partial charge on any atom is -0.353 e. The molecule has 3 unspecified atom stereocenters. The van der Waals surface area contributed by atoms with Crippen LogP contribution < -0.4 is 0 Å². The van der Waals surface area contributed by atoms with E-state index in [1.54, 1.807) is 36.4 Å². The van der Waals surface area contributed by atoms with Gasteiger partial charge in [-0.3, -0.25) is 20.2 Å². The van der Waals surface area contributed by atoms with Gasteiger partial charge in [0.05, 0.1) is 27.6 Å². The normalized spacial score (nSPS) is 33.2. The van der Waals surface area contributed by atoms with Crippen molar-refractivity contribution >= 4 is 11.4 Å². The van der Waals surface area contributed by atoms with Gasteiger partial charge >= 0.3 is 0 Å². The van der Waals surface area contributed by atoms with Crippen molar-refractivity contribution < 1.29 is 38.3 Å². The summed E-state index contributed by atoms with van der Waals surface area (Å²) in [5.41, 5.74) is 0.245. The maximum atomic E-state index is 11.5. The lowest BCUT2D eigenvalue weighted by atomic mass is 9.98. The van der Waals surface area contributed by atoms with E-state index in [9.17, 15) is 20.2 Å². The summed E-state index contributed by atoms with van der Waals surface area (Å²) in [5, 5.41) is 22.9. The molecule has 2 aromatic rings. The third kappa shape index (κ3) is 3.86. The van der Waals surface area contributed by atoms with E-state index in [4.69, 9.17) is 28.4 Å². The van der Waals surface area contributed by atoms with Gasteiger partial charge in [-0.05, 0) is 12.1 Å². The summed E-state index contributed by atoms with van der Waals surface area (Å²) in [6.45, 7) is 0.0734. The zero-order valence-electron chi connectivity index (χ0n) is 17.3. The van der Waals surface area contributed by atoms with Crippen molar-refractivity contribution in [2.75, 3.05) is 13.7 Å². The first-order valence-corrected chi connectivity index (χ1v) is 10.2. The van der Waals surface area contributed by atoms with Crippen LogP contribution in [0.2, 0.25) is 0 Å². The fraction of sp³-hybridized carbons (Fsp3) is 0.429. The summed E-state index contributed by atoms with van der Waals surface area (Å²) in [6.07, 6.45) is -5.66. The molecule has 2 aromatic carbocycles. The van der Waals surface area contributed by atoms with Crippen LogP contribution in [0, 0.1) is 20.2 Å². The molecule has 0 aliphatic carbocycles. The molecule has 0 aromatic heterocycles. The maximum Gasteiger partial charge on any atom is 0.277 e. The summed E-state index contributed by atoms with van der Waals surface area (Å²) in [5.74, 6) is 0. The third-order valence-corrected chi connectivity index (χ3v) is 5.85. The first kappa shape index (κ1) is 21.8. The average Bonchev–Trinajstić information content (AvgIpc) is 3.29. The van der Waals surface area contributed by atoms with Crippen LogP contribution in [0.25, 0.3) is 0 Å². The highest BCUT2D eigenvalue weighted by molar-refractivity contribution is 5.42. The minimum absolute atomic E-state index is 0.0734. The van der Waals surface area contributed by atoms with Gasteiger partial charge in [0.15, 0.2) is 18.9 Å². The second kappa shape index (κ2) is 8.74. The molecule has 3 fully saturated rings.